The summed E-state index contributed by atoms with van der Waals surface area (Å²) in [5.41, 5.74) is -0.801. The quantitative estimate of drug-likeness (QED) is 0.339. The first kappa shape index (κ1) is 12.6. The van der Waals surface area contributed by atoms with Gasteiger partial charge in [0.2, 0.25) is 0 Å². The normalized spacial score (nSPS) is 9.53. The van der Waals surface area contributed by atoms with Gasteiger partial charge < -0.3 is 9.47 Å². The molecular weight excluding hydrogens is 230 g/mol. The van der Waals surface area contributed by atoms with Gasteiger partial charge in [0.15, 0.2) is 5.56 Å². The van der Waals surface area contributed by atoms with Crippen molar-refractivity contribution in [3.05, 3.63) is 33.4 Å². The smallest absolute Gasteiger partial charge is 0.348 e. The highest BCUT2D eigenvalue weighted by atomic mass is 16.6. The zero-order chi connectivity index (χ0) is 13.0. The molecular formula is C10H9NO6. The average Bonchev–Trinajstić information content (AvgIpc) is 2.35. The van der Waals surface area contributed by atoms with Gasteiger partial charge in [-0.25, -0.2) is 4.79 Å². The van der Waals surface area contributed by atoms with E-state index in [1.54, 1.807) is 0 Å². The van der Waals surface area contributed by atoms with E-state index in [0.29, 0.717) is 6.29 Å². The van der Waals surface area contributed by atoms with Crippen molar-refractivity contribution >= 4 is 17.9 Å². The lowest BCUT2D eigenvalue weighted by Crippen LogP contribution is -2.09. The Labute approximate surface area is 96.1 Å². The van der Waals surface area contributed by atoms with Crippen molar-refractivity contribution in [2.24, 2.45) is 0 Å². The van der Waals surface area contributed by atoms with Crippen LogP contribution in [0.4, 0.5) is 5.69 Å². The second-order valence-corrected chi connectivity index (χ2v) is 2.98. The van der Waals surface area contributed by atoms with Crippen molar-refractivity contribution in [3.63, 3.8) is 0 Å². The maximum absolute atomic E-state index is 11.4. The number of methoxy groups -OCH3 is 2. The van der Waals surface area contributed by atoms with Crippen molar-refractivity contribution < 1.29 is 24.0 Å². The number of carbonyl (C=O) groups is 2. The number of hydrogen-bond donors (Lipinski definition) is 0. The third-order valence-corrected chi connectivity index (χ3v) is 2.05. The number of aldehydes is 1. The van der Waals surface area contributed by atoms with Crippen molar-refractivity contribution in [1.82, 2.24) is 0 Å². The fourth-order valence-corrected chi connectivity index (χ4v) is 1.30. The van der Waals surface area contributed by atoms with Gasteiger partial charge >= 0.3 is 5.97 Å². The molecule has 0 N–H and O–H groups in total. The molecule has 0 radical (unpaired) electrons. The Balaban J connectivity index is 3.57. The molecule has 0 aliphatic rings. The van der Waals surface area contributed by atoms with Crippen LogP contribution < -0.4 is 4.74 Å². The first-order valence-corrected chi connectivity index (χ1v) is 4.45. The third kappa shape index (κ3) is 2.39. The van der Waals surface area contributed by atoms with Crippen molar-refractivity contribution in [2.45, 2.75) is 0 Å². The molecule has 1 aromatic rings. The number of nitro benzene ring substituents is 1. The van der Waals surface area contributed by atoms with E-state index in [1.165, 1.54) is 13.2 Å². The number of carbonyl (C=O) groups excluding carboxylic acids is 2. The van der Waals surface area contributed by atoms with Crippen LogP contribution in [0.5, 0.6) is 5.75 Å². The summed E-state index contributed by atoms with van der Waals surface area (Å²) < 4.78 is 9.27. The molecule has 1 rings (SSSR count). The first-order chi connectivity index (χ1) is 8.04. The molecule has 7 heteroatoms. The Bertz CT molecular complexity index is 482. The molecule has 90 valence electrons. The highest BCUT2D eigenvalue weighted by Crippen LogP contribution is 2.30. The van der Waals surface area contributed by atoms with Gasteiger partial charge in [0, 0.05) is 11.6 Å². The molecule has 0 heterocycles. The van der Waals surface area contributed by atoms with Gasteiger partial charge in [-0.15, -0.1) is 0 Å². The van der Waals surface area contributed by atoms with Gasteiger partial charge in [-0.3, -0.25) is 14.9 Å². The predicted molar refractivity (Wildman–Crippen MR) is 56.4 cm³/mol. The molecule has 0 spiro atoms. The van der Waals surface area contributed by atoms with Crippen LogP contribution in [0, 0.1) is 10.1 Å². The van der Waals surface area contributed by atoms with E-state index < -0.39 is 16.6 Å². The van der Waals surface area contributed by atoms with Gasteiger partial charge in [-0.2, -0.15) is 0 Å². The first-order valence-electron chi connectivity index (χ1n) is 4.45. The minimum Gasteiger partial charge on any atom is -0.496 e. The Kier molecular flexibility index (Phi) is 3.76. The Hall–Kier alpha value is -2.44. The fraction of sp³-hybridized carbons (Fsp3) is 0.200. The number of benzene rings is 1. The van der Waals surface area contributed by atoms with E-state index in [4.69, 9.17) is 4.74 Å². The zero-order valence-electron chi connectivity index (χ0n) is 9.13. The third-order valence-electron chi connectivity index (χ3n) is 2.05. The van der Waals surface area contributed by atoms with Crippen LogP contribution in [0.3, 0.4) is 0 Å². The molecule has 0 unspecified atom stereocenters. The molecule has 0 amide bonds. The summed E-state index contributed by atoms with van der Waals surface area (Å²) in [5, 5.41) is 10.8. The van der Waals surface area contributed by atoms with Crippen LogP contribution >= 0.6 is 0 Å². The summed E-state index contributed by atoms with van der Waals surface area (Å²) in [7, 11) is 2.33. The second-order valence-electron chi connectivity index (χ2n) is 2.98. The van der Waals surface area contributed by atoms with E-state index in [0.717, 1.165) is 13.2 Å². The summed E-state index contributed by atoms with van der Waals surface area (Å²) in [4.78, 5) is 32.1. The van der Waals surface area contributed by atoms with E-state index >= 15 is 0 Å². The SMILES string of the molecule is COC(=O)c1c(OC)cc(C=O)cc1[N+](=O)[O-]. The summed E-state index contributed by atoms with van der Waals surface area (Å²) in [6.45, 7) is 0. The largest absolute Gasteiger partial charge is 0.496 e. The van der Waals surface area contributed by atoms with Crippen LogP contribution in [0.25, 0.3) is 0 Å². The molecule has 0 atom stereocenters. The van der Waals surface area contributed by atoms with Crippen LogP contribution in [0.1, 0.15) is 20.7 Å². The van der Waals surface area contributed by atoms with Crippen molar-refractivity contribution in [1.29, 1.82) is 0 Å². The van der Waals surface area contributed by atoms with Gasteiger partial charge in [0.25, 0.3) is 5.69 Å². The molecule has 0 saturated heterocycles. The number of nitro groups is 1. The monoisotopic (exact) mass is 239 g/mol. The average molecular weight is 239 g/mol. The molecule has 17 heavy (non-hydrogen) atoms. The van der Waals surface area contributed by atoms with Crippen molar-refractivity contribution in [2.75, 3.05) is 14.2 Å². The minimum atomic E-state index is -0.897. The number of esters is 1. The molecule has 0 aromatic heterocycles. The highest BCUT2D eigenvalue weighted by molar-refractivity contribution is 5.98. The topological polar surface area (TPSA) is 95.7 Å². The Morgan fingerprint density at radius 1 is 1.41 bits per heavy atom. The van der Waals surface area contributed by atoms with Crippen LogP contribution in [0.15, 0.2) is 12.1 Å². The van der Waals surface area contributed by atoms with Gasteiger partial charge in [-0.1, -0.05) is 0 Å². The molecule has 0 aliphatic carbocycles. The Morgan fingerprint density at radius 2 is 2.06 bits per heavy atom. The summed E-state index contributed by atoms with van der Waals surface area (Å²) in [5.74, 6) is -0.973. The number of hydrogen-bond acceptors (Lipinski definition) is 6. The fourth-order valence-electron chi connectivity index (χ4n) is 1.30. The standard InChI is InChI=1S/C10H9NO6/c1-16-8-4-6(5-12)3-7(11(14)15)9(8)10(13)17-2/h3-5H,1-2H3. The Morgan fingerprint density at radius 3 is 2.47 bits per heavy atom. The van der Waals surface area contributed by atoms with Crippen LogP contribution in [0.2, 0.25) is 0 Å². The minimum absolute atomic E-state index is 0.0428. The molecule has 1 aromatic carbocycles. The number of rotatable bonds is 4. The summed E-state index contributed by atoms with van der Waals surface area (Å²) in [6, 6.07) is 2.22. The lowest BCUT2D eigenvalue weighted by Gasteiger charge is -2.07. The zero-order valence-corrected chi connectivity index (χ0v) is 9.13. The van der Waals surface area contributed by atoms with Gasteiger partial charge in [0.05, 0.1) is 19.1 Å². The predicted octanol–water partition coefficient (Wildman–Crippen LogP) is 1.20. The van der Waals surface area contributed by atoms with Crippen LogP contribution in [-0.2, 0) is 4.74 Å². The van der Waals surface area contributed by atoms with Gasteiger partial charge in [0.1, 0.15) is 12.0 Å². The lowest BCUT2D eigenvalue weighted by atomic mass is 10.1. The van der Waals surface area contributed by atoms with Crippen molar-refractivity contribution in [3.8, 4) is 5.75 Å². The number of ether oxygens (including phenoxy) is 2. The summed E-state index contributed by atoms with van der Waals surface area (Å²) in [6.07, 6.45) is 0.427. The van der Waals surface area contributed by atoms with E-state index in [2.05, 4.69) is 4.74 Å². The van der Waals surface area contributed by atoms with E-state index in [1.807, 2.05) is 0 Å². The van der Waals surface area contributed by atoms with Crippen LogP contribution in [-0.4, -0.2) is 31.4 Å². The molecule has 0 bridgehead atoms. The highest BCUT2D eigenvalue weighted by Gasteiger charge is 2.27. The lowest BCUT2D eigenvalue weighted by molar-refractivity contribution is -0.385. The maximum atomic E-state index is 11.4. The molecule has 0 aliphatic heterocycles. The molecule has 7 nitrogen and oxygen atoms in total. The molecule has 0 fully saturated rings. The maximum Gasteiger partial charge on any atom is 0.348 e. The number of nitrogens with zero attached hydrogens (tertiary/aromatic N) is 1. The van der Waals surface area contributed by atoms with Gasteiger partial charge in [-0.05, 0) is 6.07 Å². The van der Waals surface area contributed by atoms with E-state index in [9.17, 15) is 19.7 Å². The summed E-state index contributed by atoms with van der Waals surface area (Å²) >= 11 is 0. The second kappa shape index (κ2) is 5.06. The molecule has 0 saturated carbocycles. The van der Waals surface area contributed by atoms with E-state index in [-0.39, 0.29) is 16.9 Å².